The lowest BCUT2D eigenvalue weighted by atomic mass is 9.92. The van der Waals surface area contributed by atoms with Gasteiger partial charge in [0.1, 0.15) is 5.52 Å². The average molecular weight is 396 g/mol. The molecule has 4 N–H and O–H groups in total. The monoisotopic (exact) mass is 395 g/mol. The summed E-state index contributed by atoms with van der Waals surface area (Å²) < 4.78 is 5.62. The molecular weight excluding hydrogens is 366 g/mol. The smallest absolute Gasteiger partial charge is 0.152 e. The van der Waals surface area contributed by atoms with Crippen LogP contribution in [-0.2, 0) is 6.54 Å². The minimum Gasteiger partial charge on any atom is -0.462 e. The fraction of sp³-hybridized carbons (Fsp3) is 0.455. The molecule has 0 amide bonds. The zero-order valence-corrected chi connectivity index (χ0v) is 17.2. The summed E-state index contributed by atoms with van der Waals surface area (Å²) in [4.78, 5) is 11.3. The molecule has 7 nitrogen and oxygen atoms in total. The summed E-state index contributed by atoms with van der Waals surface area (Å²) in [6, 6.07) is 5.68. The molecule has 3 aromatic rings. The number of nitrogens with two attached hydrogens (primary N) is 1. The summed E-state index contributed by atoms with van der Waals surface area (Å²) >= 11 is 0. The number of piperidine rings is 1. The maximum Gasteiger partial charge on any atom is 0.152 e. The lowest BCUT2D eigenvalue weighted by Crippen LogP contribution is -2.55. The number of hydrogen-bond acceptors (Lipinski definition) is 7. The first-order valence-electron chi connectivity index (χ1n) is 10.2. The molecule has 154 valence electrons. The van der Waals surface area contributed by atoms with Gasteiger partial charge in [0.15, 0.2) is 5.58 Å². The van der Waals surface area contributed by atoms with Crippen molar-refractivity contribution in [3.8, 4) is 0 Å². The first-order valence-corrected chi connectivity index (χ1v) is 10.2. The van der Waals surface area contributed by atoms with Gasteiger partial charge in [-0.1, -0.05) is 20.8 Å². The first kappa shape index (κ1) is 19.7. The van der Waals surface area contributed by atoms with Gasteiger partial charge < -0.3 is 25.5 Å². The fourth-order valence-electron chi connectivity index (χ4n) is 3.98. The van der Waals surface area contributed by atoms with Crippen molar-refractivity contribution in [2.24, 2.45) is 11.7 Å². The zero-order valence-electron chi connectivity index (χ0n) is 17.2. The number of fused-ring (bicyclic) bond motifs is 1. The fourth-order valence-corrected chi connectivity index (χ4v) is 3.98. The van der Waals surface area contributed by atoms with E-state index in [1.165, 1.54) is 0 Å². The molecule has 0 radical (unpaired) electrons. The molecule has 3 aromatic heterocycles. The van der Waals surface area contributed by atoms with E-state index in [0.717, 1.165) is 40.3 Å². The van der Waals surface area contributed by atoms with Gasteiger partial charge in [-0.3, -0.25) is 4.98 Å². The molecule has 0 bridgehead atoms. The zero-order chi connectivity index (χ0) is 20.5. The molecular formula is C22H29N5O2. The number of anilines is 2. The molecule has 4 rings (SSSR count). The molecule has 0 saturated carbocycles. The van der Waals surface area contributed by atoms with E-state index < -0.39 is 6.10 Å². The van der Waals surface area contributed by atoms with Crippen LogP contribution in [-0.4, -0.2) is 40.3 Å². The summed E-state index contributed by atoms with van der Waals surface area (Å²) in [7, 11) is 0. The number of hydrogen-bond donors (Lipinski definition) is 3. The van der Waals surface area contributed by atoms with E-state index in [9.17, 15) is 5.11 Å². The third-order valence-corrected chi connectivity index (χ3v) is 5.68. The second kappa shape index (κ2) is 8.00. The molecule has 0 aliphatic carbocycles. The third-order valence-electron chi connectivity index (χ3n) is 5.68. The first-order chi connectivity index (χ1) is 13.9. The number of furan rings is 1. The SMILES string of the molecule is CC(C)c1coc2ccc(CNc3cnccc3N3CC(N)[C@H](O)[C@@H](C)C3)nc12. The van der Waals surface area contributed by atoms with E-state index >= 15 is 0 Å². The maximum atomic E-state index is 10.2. The highest BCUT2D eigenvalue weighted by Crippen LogP contribution is 2.30. The molecule has 1 saturated heterocycles. The van der Waals surface area contributed by atoms with Crippen LogP contribution < -0.4 is 16.0 Å². The largest absolute Gasteiger partial charge is 0.462 e. The number of aliphatic hydroxyl groups excluding tert-OH is 1. The average Bonchev–Trinajstić information content (AvgIpc) is 3.14. The highest BCUT2D eigenvalue weighted by atomic mass is 16.3. The number of rotatable bonds is 5. The van der Waals surface area contributed by atoms with Crippen molar-refractivity contribution in [2.45, 2.75) is 45.4 Å². The Hall–Kier alpha value is -2.64. The molecule has 4 heterocycles. The number of nitrogens with one attached hydrogen (secondary N) is 1. The van der Waals surface area contributed by atoms with E-state index in [0.29, 0.717) is 19.0 Å². The van der Waals surface area contributed by atoms with E-state index in [4.69, 9.17) is 15.1 Å². The minimum absolute atomic E-state index is 0.111. The lowest BCUT2D eigenvalue weighted by molar-refractivity contribution is 0.0785. The molecule has 1 aliphatic heterocycles. The van der Waals surface area contributed by atoms with Crippen LogP contribution in [0.5, 0.6) is 0 Å². The van der Waals surface area contributed by atoms with Gasteiger partial charge >= 0.3 is 0 Å². The highest BCUT2D eigenvalue weighted by molar-refractivity contribution is 5.77. The highest BCUT2D eigenvalue weighted by Gasteiger charge is 2.31. The predicted octanol–water partition coefficient (Wildman–Crippen LogP) is 3.10. The van der Waals surface area contributed by atoms with E-state index in [1.54, 1.807) is 12.5 Å². The van der Waals surface area contributed by atoms with Crippen LogP contribution >= 0.6 is 0 Å². The summed E-state index contributed by atoms with van der Waals surface area (Å²) in [5, 5.41) is 13.6. The molecule has 0 spiro atoms. The second-order valence-corrected chi connectivity index (χ2v) is 8.28. The minimum atomic E-state index is -0.467. The van der Waals surface area contributed by atoms with Gasteiger partial charge in [-0.25, -0.2) is 4.98 Å². The molecule has 1 fully saturated rings. The van der Waals surface area contributed by atoms with Crippen molar-refractivity contribution in [1.82, 2.24) is 9.97 Å². The topological polar surface area (TPSA) is 100 Å². The second-order valence-electron chi connectivity index (χ2n) is 8.28. The number of aromatic nitrogens is 2. The van der Waals surface area contributed by atoms with Crippen molar-refractivity contribution in [1.29, 1.82) is 0 Å². The number of pyridine rings is 2. The normalized spacial score (nSPS) is 22.4. The van der Waals surface area contributed by atoms with E-state index in [1.807, 2.05) is 31.3 Å². The Kier molecular flexibility index (Phi) is 5.43. The lowest BCUT2D eigenvalue weighted by Gasteiger charge is -2.40. The van der Waals surface area contributed by atoms with Gasteiger partial charge in [0.05, 0.1) is 42.2 Å². The molecule has 1 unspecified atom stereocenters. The summed E-state index contributed by atoms with van der Waals surface area (Å²) in [5.41, 5.74) is 11.9. The molecule has 29 heavy (non-hydrogen) atoms. The molecule has 7 heteroatoms. The van der Waals surface area contributed by atoms with Gasteiger partial charge in [0.25, 0.3) is 0 Å². The van der Waals surface area contributed by atoms with Crippen molar-refractivity contribution in [3.05, 3.63) is 48.1 Å². The van der Waals surface area contributed by atoms with Gasteiger partial charge in [0.2, 0.25) is 0 Å². The Morgan fingerprint density at radius 2 is 2.14 bits per heavy atom. The Morgan fingerprint density at radius 3 is 2.90 bits per heavy atom. The van der Waals surface area contributed by atoms with Crippen LogP contribution in [0.1, 0.15) is 37.9 Å². The summed E-state index contributed by atoms with van der Waals surface area (Å²) in [5.74, 6) is 0.469. The Morgan fingerprint density at radius 1 is 1.31 bits per heavy atom. The Balaban J connectivity index is 1.54. The Bertz CT molecular complexity index is 974. The van der Waals surface area contributed by atoms with E-state index in [-0.39, 0.29) is 12.0 Å². The van der Waals surface area contributed by atoms with Gasteiger partial charge in [-0.15, -0.1) is 0 Å². The predicted molar refractivity (Wildman–Crippen MR) is 115 cm³/mol. The Labute approximate surface area is 170 Å². The standard InChI is InChI=1S/C22H29N5O2/c1-13(2)16-12-29-20-5-4-15(26-21(16)20)8-25-18-9-24-7-6-19(18)27-10-14(3)22(28)17(23)11-27/h4-7,9,12-14,17,22,25,28H,8,10-11,23H2,1-3H3/t14-,17?,22+/m0/s1. The van der Waals surface area contributed by atoms with E-state index in [2.05, 4.69) is 29.0 Å². The molecule has 0 aromatic carbocycles. The number of aliphatic hydroxyl groups is 1. The summed E-state index contributed by atoms with van der Waals surface area (Å²) in [6.45, 7) is 8.25. The van der Waals surface area contributed by atoms with Crippen molar-refractivity contribution < 1.29 is 9.52 Å². The van der Waals surface area contributed by atoms with Gasteiger partial charge in [0, 0.05) is 36.8 Å². The van der Waals surface area contributed by atoms with Gasteiger partial charge in [-0.2, -0.15) is 0 Å². The van der Waals surface area contributed by atoms with Crippen LogP contribution in [0.2, 0.25) is 0 Å². The van der Waals surface area contributed by atoms with Gasteiger partial charge in [-0.05, 0) is 24.1 Å². The third kappa shape index (κ3) is 3.93. The number of nitrogens with zero attached hydrogens (tertiary/aromatic N) is 3. The van der Waals surface area contributed by atoms with Crippen LogP contribution in [0.4, 0.5) is 11.4 Å². The van der Waals surface area contributed by atoms with Crippen LogP contribution in [0.15, 0.2) is 41.3 Å². The quantitative estimate of drug-likeness (QED) is 0.610. The molecule has 1 aliphatic rings. The van der Waals surface area contributed by atoms with Crippen LogP contribution in [0.3, 0.4) is 0 Å². The van der Waals surface area contributed by atoms with Crippen LogP contribution in [0.25, 0.3) is 11.1 Å². The van der Waals surface area contributed by atoms with Crippen molar-refractivity contribution in [3.63, 3.8) is 0 Å². The summed E-state index contributed by atoms with van der Waals surface area (Å²) in [6.07, 6.45) is 4.94. The van der Waals surface area contributed by atoms with Crippen LogP contribution in [0, 0.1) is 5.92 Å². The molecule has 3 atom stereocenters. The van der Waals surface area contributed by atoms with Crippen molar-refractivity contribution >= 4 is 22.5 Å². The van der Waals surface area contributed by atoms with Crippen molar-refractivity contribution in [2.75, 3.05) is 23.3 Å². The maximum absolute atomic E-state index is 10.2.